The monoisotopic (exact) mass is 253 g/mol. The zero-order chi connectivity index (χ0) is 13.3. The number of hydrogen-bond donors (Lipinski definition) is 2. The van der Waals surface area contributed by atoms with Crippen LogP contribution in [0.15, 0.2) is 48.5 Å². The normalized spacial score (nSPS) is 21.9. The smallest absolute Gasteiger partial charge is 0.115 e. The highest BCUT2D eigenvalue weighted by molar-refractivity contribution is 5.38. The van der Waals surface area contributed by atoms with Crippen LogP contribution in [0.4, 0.5) is 0 Å². The Morgan fingerprint density at radius 2 is 1.79 bits per heavy atom. The second-order valence-electron chi connectivity index (χ2n) is 5.51. The van der Waals surface area contributed by atoms with Crippen molar-refractivity contribution in [2.45, 2.75) is 31.2 Å². The molecule has 2 heteroatoms. The van der Waals surface area contributed by atoms with Gasteiger partial charge in [-0.2, -0.15) is 0 Å². The maximum absolute atomic E-state index is 9.35. The fraction of sp³-hybridized carbons (Fsp3) is 0.294. The van der Waals surface area contributed by atoms with Crippen molar-refractivity contribution in [3.63, 3.8) is 0 Å². The fourth-order valence-corrected chi connectivity index (χ4v) is 3.11. The summed E-state index contributed by atoms with van der Waals surface area (Å²) in [5.74, 6) is 0.305. The maximum atomic E-state index is 9.35. The van der Waals surface area contributed by atoms with Gasteiger partial charge in [0.1, 0.15) is 5.75 Å². The fourth-order valence-electron chi connectivity index (χ4n) is 3.11. The molecule has 1 aliphatic carbocycles. The van der Waals surface area contributed by atoms with Crippen LogP contribution in [-0.2, 0) is 18.4 Å². The van der Waals surface area contributed by atoms with Gasteiger partial charge in [-0.05, 0) is 54.5 Å². The van der Waals surface area contributed by atoms with Crippen LogP contribution in [0.25, 0.3) is 0 Å². The molecule has 0 fully saturated rings. The van der Waals surface area contributed by atoms with E-state index in [9.17, 15) is 5.11 Å². The van der Waals surface area contributed by atoms with Gasteiger partial charge >= 0.3 is 0 Å². The van der Waals surface area contributed by atoms with Gasteiger partial charge in [0.25, 0.3) is 0 Å². The Morgan fingerprint density at radius 3 is 2.58 bits per heavy atom. The first-order valence-electron chi connectivity index (χ1n) is 6.83. The van der Waals surface area contributed by atoms with E-state index in [2.05, 4.69) is 24.3 Å². The second kappa shape index (κ2) is 4.71. The number of hydrogen-bond acceptors (Lipinski definition) is 2. The molecular formula is C17H19NO. The standard InChI is InChI=1S/C17H19NO/c18-17(12-13-7-9-15(19)10-8-13)11-3-5-14-4-1-2-6-16(14)17/h1-2,4,6-10,19H,3,5,11-12,18H2. The molecule has 1 aliphatic rings. The first-order valence-corrected chi connectivity index (χ1v) is 6.83. The number of aryl methyl sites for hydroxylation is 1. The Morgan fingerprint density at radius 1 is 1.05 bits per heavy atom. The molecule has 2 nitrogen and oxygen atoms in total. The molecule has 3 rings (SSSR count). The first kappa shape index (κ1) is 12.2. The summed E-state index contributed by atoms with van der Waals surface area (Å²) in [6, 6.07) is 15.9. The molecule has 0 spiro atoms. The molecule has 1 unspecified atom stereocenters. The van der Waals surface area contributed by atoms with Crippen LogP contribution in [0.2, 0.25) is 0 Å². The van der Waals surface area contributed by atoms with E-state index >= 15 is 0 Å². The minimum atomic E-state index is -0.272. The van der Waals surface area contributed by atoms with Gasteiger partial charge in [-0.3, -0.25) is 0 Å². The topological polar surface area (TPSA) is 46.2 Å². The average Bonchev–Trinajstić information content (AvgIpc) is 2.42. The van der Waals surface area contributed by atoms with Gasteiger partial charge in [-0.15, -0.1) is 0 Å². The summed E-state index contributed by atoms with van der Waals surface area (Å²) in [5, 5.41) is 9.35. The van der Waals surface area contributed by atoms with Gasteiger partial charge in [0, 0.05) is 5.54 Å². The summed E-state index contributed by atoms with van der Waals surface area (Å²) in [6.45, 7) is 0. The lowest BCUT2D eigenvalue weighted by Crippen LogP contribution is -2.42. The molecule has 98 valence electrons. The molecule has 0 amide bonds. The largest absolute Gasteiger partial charge is 0.508 e. The first-order chi connectivity index (χ1) is 9.17. The van der Waals surface area contributed by atoms with Gasteiger partial charge < -0.3 is 10.8 Å². The molecule has 1 atom stereocenters. The lowest BCUT2D eigenvalue weighted by Gasteiger charge is -2.36. The molecule has 2 aromatic rings. The van der Waals surface area contributed by atoms with Crippen LogP contribution >= 0.6 is 0 Å². The van der Waals surface area contributed by atoms with Crippen LogP contribution in [0.1, 0.15) is 29.5 Å². The molecule has 0 aromatic heterocycles. The highest BCUT2D eigenvalue weighted by Gasteiger charge is 2.32. The van der Waals surface area contributed by atoms with Gasteiger partial charge in [-0.1, -0.05) is 36.4 Å². The summed E-state index contributed by atoms with van der Waals surface area (Å²) < 4.78 is 0. The predicted molar refractivity (Wildman–Crippen MR) is 77.1 cm³/mol. The van der Waals surface area contributed by atoms with Gasteiger partial charge in [0.15, 0.2) is 0 Å². The van der Waals surface area contributed by atoms with E-state index in [1.165, 1.54) is 16.7 Å². The second-order valence-corrected chi connectivity index (χ2v) is 5.51. The Bertz CT molecular complexity index is 576. The molecule has 0 bridgehead atoms. The molecule has 0 aliphatic heterocycles. The van der Waals surface area contributed by atoms with Crippen LogP contribution in [0, 0.1) is 0 Å². The molecular weight excluding hydrogens is 234 g/mol. The van der Waals surface area contributed by atoms with Crippen molar-refractivity contribution in [1.29, 1.82) is 0 Å². The van der Waals surface area contributed by atoms with Crippen molar-refractivity contribution >= 4 is 0 Å². The van der Waals surface area contributed by atoms with Crippen LogP contribution < -0.4 is 5.73 Å². The van der Waals surface area contributed by atoms with Crippen molar-refractivity contribution in [3.05, 3.63) is 65.2 Å². The van der Waals surface area contributed by atoms with Crippen molar-refractivity contribution in [3.8, 4) is 5.75 Å². The van der Waals surface area contributed by atoms with Crippen LogP contribution in [0.5, 0.6) is 5.75 Å². The minimum absolute atomic E-state index is 0.272. The summed E-state index contributed by atoms with van der Waals surface area (Å²) in [7, 11) is 0. The molecule has 0 saturated heterocycles. The van der Waals surface area contributed by atoms with Gasteiger partial charge in [-0.25, -0.2) is 0 Å². The summed E-state index contributed by atoms with van der Waals surface area (Å²) >= 11 is 0. The number of fused-ring (bicyclic) bond motifs is 1. The third-order valence-electron chi connectivity index (χ3n) is 4.08. The number of benzene rings is 2. The van der Waals surface area contributed by atoms with E-state index in [-0.39, 0.29) is 5.54 Å². The summed E-state index contributed by atoms with van der Waals surface area (Å²) in [6.07, 6.45) is 4.12. The van der Waals surface area contributed by atoms with Gasteiger partial charge in [0.2, 0.25) is 0 Å². The van der Waals surface area contributed by atoms with E-state index < -0.39 is 0 Å². The summed E-state index contributed by atoms with van der Waals surface area (Å²) in [4.78, 5) is 0. The van der Waals surface area contributed by atoms with Crippen molar-refractivity contribution in [2.75, 3.05) is 0 Å². The highest BCUT2D eigenvalue weighted by atomic mass is 16.3. The Hall–Kier alpha value is -1.80. The van der Waals surface area contributed by atoms with Crippen molar-refractivity contribution in [1.82, 2.24) is 0 Å². The zero-order valence-electron chi connectivity index (χ0n) is 11.0. The van der Waals surface area contributed by atoms with E-state index in [0.717, 1.165) is 25.7 Å². The van der Waals surface area contributed by atoms with Crippen LogP contribution in [-0.4, -0.2) is 5.11 Å². The molecule has 19 heavy (non-hydrogen) atoms. The summed E-state index contributed by atoms with van der Waals surface area (Å²) in [5.41, 5.74) is 10.3. The lowest BCUT2D eigenvalue weighted by atomic mass is 9.74. The average molecular weight is 253 g/mol. The lowest BCUT2D eigenvalue weighted by molar-refractivity contribution is 0.369. The predicted octanol–water partition coefficient (Wildman–Crippen LogP) is 3.13. The quantitative estimate of drug-likeness (QED) is 0.863. The van der Waals surface area contributed by atoms with E-state index in [0.29, 0.717) is 5.75 Å². The minimum Gasteiger partial charge on any atom is -0.508 e. The molecule has 3 N–H and O–H groups in total. The molecule has 0 heterocycles. The van der Waals surface area contributed by atoms with Gasteiger partial charge in [0.05, 0.1) is 0 Å². The maximum Gasteiger partial charge on any atom is 0.115 e. The number of nitrogens with two attached hydrogens (primary N) is 1. The Kier molecular flexibility index (Phi) is 3.03. The van der Waals surface area contributed by atoms with Crippen molar-refractivity contribution in [2.24, 2.45) is 5.73 Å². The SMILES string of the molecule is NC1(Cc2ccc(O)cc2)CCCc2ccccc21. The molecule has 0 radical (unpaired) electrons. The van der Waals surface area contributed by atoms with E-state index in [1.807, 2.05) is 12.1 Å². The van der Waals surface area contributed by atoms with Crippen molar-refractivity contribution < 1.29 is 5.11 Å². The Balaban J connectivity index is 1.93. The number of phenols is 1. The molecule has 0 saturated carbocycles. The third kappa shape index (κ3) is 2.36. The number of phenolic OH excluding ortho intramolecular Hbond substituents is 1. The Labute approximate surface area is 113 Å². The molecule has 2 aromatic carbocycles. The number of rotatable bonds is 2. The van der Waals surface area contributed by atoms with Crippen LogP contribution in [0.3, 0.4) is 0 Å². The third-order valence-corrected chi connectivity index (χ3v) is 4.08. The van der Waals surface area contributed by atoms with E-state index in [4.69, 9.17) is 5.73 Å². The zero-order valence-corrected chi connectivity index (χ0v) is 11.0. The highest BCUT2D eigenvalue weighted by Crippen LogP contribution is 2.35. The van der Waals surface area contributed by atoms with E-state index in [1.54, 1.807) is 12.1 Å². The number of aromatic hydroxyl groups is 1.